The molecule has 2 aromatic carbocycles. The number of nitriles is 1. The van der Waals surface area contributed by atoms with Gasteiger partial charge in [-0.1, -0.05) is 18.2 Å². The quantitative estimate of drug-likeness (QED) is 0.576. The van der Waals surface area contributed by atoms with E-state index in [2.05, 4.69) is 5.32 Å². The molecule has 22 heavy (non-hydrogen) atoms. The molecule has 108 valence electrons. The van der Waals surface area contributed by atoms with Crippen LogP contribution in [0.4, 0.5) is 11.4 Å². The molecule has 0 saturated heterocycles. The highest BCUT2D eigenvalue weighted by Crippen LogP contribution is 2.29. The average Bonchev–Trinajstić information content (AvgIpc) is 2.96. The Balaban J connectivity index is 1.88. The normalized spacial score (nSPS) is 10.3. The van der Waals surface area contributed by atoms with Crippen molar-refractivity contribution in [1.29, 1.82) is 5.26 Å². The van der Waals surface area contributed by atoms with Crippen LogP contribution in [0.15, 0.2) is 47.8 Å². The Labute approximate surface area is 130 Å². The first-order valence-corrected chi connectivity index (χ1v) is 7.44. The minimum Gasteiger partial charge on any atom is -0.375 e. The summed E-state index contributed by atoms with van der Waals surface area (Å²) >= 11 is 1.65. The topological polar surface area (TPSA) is 79.0 Å². The van der Waals surface area contributed by atoms with Crippen LogP contribution in [0, 0.1) is 21.4 Å². The number of thiophene rings is 1. The first-order valence-electron chi connectivity index (χ1n) is 6.56. The molecule has 0 atom stereocenters. The van der Waals surface area contributed by atoms with Crippen molar-refractivity contribution in [3.05, 3.63) is 69.1 Å². The minimum absolute atomic E-state index is 0.0846. The number of hydrogen-bond acceptors (Lipinski definition) is 5. The molecule has 0 bridgehead atoms. The smallest absolute Gasteiger partial charge is 0.293 e. The number of hydrogen-bond donors (Lipinski definition) is 1. The van der Waals surface area contributed by atoms with Gasteiger partial charge in [-0.15, -0.1) is 11.3 Å². The number of nitrogens with one attached hydrogen (secondary N) is 1. The summed E-state index contributed by atoms with van der Waals surface area (Å²) in [4.78, 5) is 10.6. The lowest BCUT2D eigenvalue weighted by molar-refractivity contribution is -0.384. The van der Waals surface area contributed by atoms with E-state index in [9.17, 15) is 10.1 Å². The predicted molar refractivity (Wildman–Crippen MR) is 87.0 cm³/mol. The van der Waals surface area contributed by atoms with Gasteiger partial charge in [0.1, 0.15) is 5.69 Å². The van der Waals surface area contributed by atoms with Gasteiger partial charge >= 0.3 is 0 Å². The number of nitro benzene ring substituents is 1. The fourth-order valence-corrected chi connectivity index (χ4v) is 3.22. The molecule has 1 heterocycles. The largest absolute Gasteiger partial charge is 0.375 e. The van der Waals surface area contributed by atoms with E-state index in [4.69, 9.17) is 5.26 Å². The molecule has 0 spiro atoms. The Hall–Kier alpha value is -2.91. The molecule has 0 saturated carbocycles. The van der Waals surface area contributed by atoms with E-state index < -0.39 is 4.92 Å². The standard InChI is InChI=1S/C16H11N3O2S/c17-8-11-5-6-14(15(7-11)19(20)21)18-9-12-10-22-16-4-2-1-3-13(12)16/h1-7,10,18H,9H2. The molecule has 0 fully saturated rings. The molecule has 0 aliphatic rings. The van der Waals surface area contributed by atoms with Crippen molar-refractivity contribution < 1.29 is 4.92 Å². The van der Waals surface area contributed by atoms with E-state index in [1.807, 2.05) is 35.7 Å². The second kappa shape index (κ2) is 5.84. The maximum atomic E-state index is 11.1. The van der Waals surface area contributed by atoms with Crippen LogP contribution < -0.4 is 5.32 Å². The van der Waals surface area contributed by atoms with Crippen LogP contribution in [0.5, 0.6) is 0 Å². The van der Waals surface area contributed by atoms with Crippen molar-refractivity contribution in [2.24, 2.45) is 0 Å². The summed E-state index contributed by atoms with van der Waals surface area (Å²) in [5.41, 5.74) is 1.70. The van der Waals surface area contributed by atoms with Gasteiger partial charge in [0.25, 0.3) is 5.69 Å². The van der Waals surface area contributed by atoms with Crippen LogP contribution in [-0.4, -0.2) is 4.92 Å². The van der Waals surface area contributed by atoms with Crippen molar-refractivity contribution in [3.8, 4) is 6.07 Å². The van der Waals surface area contributed by atoms with E-state index in [1.54, 1.807) is 23.5 Å². The number of anilines is 1. The van der Waals surface area contributed by atoms with Crippen molar-refractivity contribution >= 4 is 32.8 Å². The Morgan fingerprint density at radius 3 is 2.86 bits per heavy atom. The molecule has 0 radical (unpaired) electrons. The fraction of sp³-hybridized carbons (Fsp3) is 0.0625. The SMILES string of the molecule is N#Cc1ccc(NCc2csc3ccccc23)c([N+](=O)[O-])c1. The third-order valence-electron chi connectivity index (χ3n) is 3.35. The van der Waals surface area contributed by atoms with Gasteiger partial charge in [0.05, 0.1) is 16.6 Å². The highest BCUT2D eigenvalue weighted by atomic mass is 32.1. The highest BCUT2D eigenvalue weighted by molar-refractivity contribution is 7.17. The Kier molecular flexibility index (Phi) is 3.73. The number of benzene rings is 2. The summed E-state index contributed by atoms with van der Waals surface area (Å²) in [6, 6.07) is 14.4. The molecule has 1 aromatic heterocycles. The first-order chi connectivity index (χ1) is 10.7. The number of nitro groups is 1. The average molecular weight is 309 g/mol. The molecule has 0 unspecified atom stereocenters. The van der Waals surface area contributed by atoms with E-state index in [0.717, 1.165) is 10.9 Å². The van der Waals surface area contributed by atoms with E-state index in [0.29, 0.717) is 12.2 Å². The summed E-state index contributed by atoms with van der Waals surface area (Å²) in [5.74, 6) is 0. The van der Waals surface area contributed by atoms with Crippen molar-refractivity contribution in [1.82, 2.24) is 0 Å². The molecule has 1 N–H and O–H groups in total. The zero-order valence-electron chi connectivity index (χ0n) is 11.4. The number of fused-ring (bicyclic) bond motifs is 1. The van der Waals surface area contributed by atoms with Gasteiger partial charge in [0.15, 0.2) is 0 Å². The van der Waals surface area contributed by atoms with Crippen LogP contribution in [0.3, 0.4) is 0 Å². The highest BCUT2D eigenvalue weighted by Gasteiger charge is 2.15. The van der Waals surface area contributed by atoms with E-state index in [-0.39, 0.29) is 11.3 Å². The lowest BCUT2D eigenvalue weighted by Gasteiger charge is -2.07. The van der Waals surface area contributed by atoms with Crippen LogP contribution in [0.2, 0.25) is 0 Å². The Bertz CT molecular complexity index is 896. The van der Waals surface area contributed by atoms with Gasteiger partial charge in [-0.05, 0) is 34.5 Å². The summed E-state index contributed by atoms with van der Waals surface area (Å²) in [6.07, 6.45) is 0. The van der Waals surface area contributed by atoms with Crippen LogP contribution >= 0.6 is 11.3 Å². The molecule has 6 heteroatoms. The third kappa shape index (κ3) is 2.62. The van der Waals surface area contributed by atoms with Gasteiger partial charge in [-0.2, -0.15) is 5.26 Å². The summed E-state index contributed by atoms with van der Waals surface area (Å²) < 4.78 is 1.19. The fourth-order valence-electron chi connectivity index (χ4n) is 2.26. The molecular weight excluding hydrogens is 298 g/mol. The lowest BCUT2D eigenvalue weighted by atomic mass is 10.1. The number of rotatable bonds is 4. The third-order valence-corrected chi connectivity index (χ3v) is 4.37. The molecule has 3 rings (SSSR count). The maximum Gasteiger partial charge on any atom is 0.293 e. The van der Waals surface area contributed by atoms with E-state index >= 15 is 0 Å². The monoisotopic (exact) mass is 309 g/mol. The van der Waals surface area contributed by atoms with Gasteiger partial charge in [0, 0.05) is 17.3 Å². The molecular formula is C16H11N3O2S. The van der Waals surface area contributed by atoms with Gasteiger partial charge < -0.3 is 5.32 Å². The van der Waals surface area contributed by atoms with Gasteiger partial charge in [-0.25, -0.2) is 0 Å². The molecule has 0 aliphatic heterocycles. The Morgan fingerprint density at radius 1 is 1.27 bits per heavy atom. The van der Waals surface area contributed by atoms with Crippen LogP contribution in [0.25, 0.3) is 10.1 Å². The minimum atomic E-state index is -0.477. The second-order valence-electron chi connectivity index (χ2n) is 4.71. The summed E-state index contributed by atoms with van der Waals surface area (Å²) in [7, 11) is 0. The van der Waals surface area contributed by atoms with Crippen molar-refractivity contribution in [2.75, 3.05) is 5.32 Å². The Morgan fingerprint density at radius 2 is 2.09 bits per heavy atom. The zero-order chi connectivity index (χ0) is 15.5. The maximum absolute atomic E-state index is 11.1. The summed E-state index contributed by atoms with van der Waals surface area (Å²) in [5, 5.41) is 26.3. The van der Waals surface area contributed by atoms with Gasteiger partial charge in [0.2, 0.25) is 0 Å². The predicted octanol–water partition coefficient (Wildman–Crippen LogP) is 4.29. The molecule has 3 aromatic rings. The van der Waals surface area contributed by atoms with E-state index in [1.165, 1.54) is 10.8 Å². The van der Waals surface area contributed by atoms with Crippen LogP contribution in [0.1, 0.15) is 11.1 Å². The number of nitrogens with zero attached hydrogens (tertiary/aromatic N) is 2. The van der Waals surface area contributed by atoms with Crippen molar-refractivity contribution in [3.63, 3.8) is 0 Å². The lowest BCUT2D eigenvalue weighted by Crippen LogP contribution is -2.02. The molecule has 5 nitrogen and oxygen atoms in total. The van der Waals surface area contributed by atoms with Gasteiger partial charge in [-0.3, -0.25) is 10.1 Å². The van der Waals surface area contributed by atoms with Crippen LogP contribution in [-0.2, 0) is 6.54 Å². The first kappa shape index (κ1) is 14.0. The summed E-state index contributed by atoms with van der Waals surface area (Å²) in [6.45, 7) is 0.497. The molecule has 0 aliphatic carbocycles. The van der Waals surface area contributed by atoms with Crippen molar-refractivity contribution in [2.45, 2.75) is 6.54 Å². The zero-order valence-corrected chi connectivity index (χ0v) is 12.3. The molecule has 0 amide bonds. The second-order valence-corrected chi connectivity index (χ2v) is 5.62.